The Balaban J connectivity index is 1.25. The van der Waals surface area contributed by atoms with Crippen molar-refractivity contribution in [1.29, 1.82) is 0 Å². The van der Waals surface area contributed by atoms with Gasteiger partial charge < -0.3 is 4.74 Å². The number of rotatable bonds is 9. The average Bonchev–Trinajstić information content (AvgIpc) is 3.70. The van der Waals surface area contributed by atoms with Crippen LogP contribution in [-0.2, 0) is 25.7 Å². The van der Waals surface area contributed by atoms with Crippen LogP contribution in [0.1, 0.15) is 55.5 Å². The topological polar surface area (TPSA) is 44.9 Å². The molecule has 0 aliphatic carbocycles. The van der Waals surface area contributed by atoms with Crippen LogP contribution in [0.4, 0.5) is 0 Å². The molecule has 7 rings (SSSR count). The quantitative estimate of drug-likeness (QED) is 0.165. The zero-order valence-electron chi connectivity index (χ0n) is 27.3. The molecular weight excluding hydrogens is 564 g/mol. The van der Waals surface area contributed by atoms with Crippen LogP contribution in [0.25, 0.3) is 44.4 Å². The highest BCUT2D eigenvalue weighted by Gasteiger charge is 2.18. The van der Waals surface area contributed by atoms with Gasteiger partial charge in [-0.1, -0.05) is 58.0 Å². The van der Waals surface area contributed by atoms with Gasteiger partial charge in [-0.2, -0.15) is 5.10 Å². The van der Waals surface area contributed by atoms with E-state index in [0.29, 0.717) is 0 Å². The maximum Gasteiger partial charge on any atom is 0.137 e. The molecular formula is C41H40N4O. The van der Waals surface area contributed by atoms with Crippen LogP contribution < -0.4 is 4.74 Å². The molecule has 0 unspecified atom stereocenters. The summed E-state index contributed by atoms with van der Waals surface area (Å²) in [6, 6.07) is 29.5. The first-order valence-electron chi connectivity index (χ1n) is 16.5. The van der Waals surface area contributed by atoms with E-state index in [9.17, 15) is 0 Å². The van der Waals surface area contributed by atoms with Crippen LogP contribution >= 0.6 is 0 Å². The molecule has 0 N–H and O–H groups in total. The van der Waals surface area contributed by atoms with E-state index in [1.54, 1.807) is 0 Å². The van der Waals surface area contributed by atoms with E-state index < -0.39 is 0 Å². The summed E-state index contributed by atoms with van der Waals surface area (Å²) < 4.78 is 10.7. The number of ether oxygens (including phenoxy) is 1. The number of hydrogen-bond acceptors (Lipinski definition) is 3. The van der Waals surface area contributed by atoms with Crippen molar-refractivity contribution in [3.05, 3.63) is 131 Å². The molecule has 0 bridgehead atoms. The second-order valence-electron chi connectivity index (χ2n) is 11.9. The molecule has 230 valence electrons. The van der Waals surface area contributed by atoms with Crippen LogP contribution in [0.5, 0.6) is 11.5 Å². The lowest BCUT2D eigenvalue weighted by Crippen LogP contribution is -2.04. The molecule has 3 heterocycles. The summed E-state index contributed by atoms with van der Waals surface area (Å²) in [5.41, 5.74) is 12.6. The molecule has 0 atom stereocenters. The highest BCUT2D eigenvalue weighted by molar-refractivity contribution is 6.09. The Morgan fingerprint density at radius 1 is 0.674 bits per heavy atom. The smallest absolute Gasteiger partial charge is 0.137 e. The molecule has 0 aliphatic rings. The van der Waals surface area contributed by atoms with Gasteiger partial charge in [0.25, 0.3) is 0 Å². The number of nitrogens with zero attached hydrogens (tertiary/aromatic N) is 4. The second-order valence-corrected chi connectivity index (χ2v) is 11.9. The number of pyridine rings is 1. The van der Waals surface area contributed by atoms with Crippen molar-refractivity contribution in [3.8, 4) is 34.1 Å². The molecule has 3 aromatic heterocycles. The number of para-hydroxylation sites is 1. The standard InChI is InChI=1S/C41H40N4O/c1-6-28-22-29(7-2)35(9-4)41(34(28)8-3)30-25-43-44(26-30)31-13-12-14-32(23-31)46-33-17-18-37-36-15-10-11-16-38(36)45(39(37)24-33)40-21-27(5)19-20-42-40/h10-26H,6-9H2,1-5H3. The van der Waals surface area contributed by atoms with E-state index in [1.165, 1.54) is 49.7 Å². The van der Waals surface area contributed by atoms with Crippen molar-refractivity contribution in [2.24, 2.45) is 0 Å². The lowest BCUT2D eigenvalue weighted by atomic mass is 9.85. The molecule has 0 amide bonds. The van der Waals surface area contributed by atoms with Crippen molar-refractivity contribution < 1.29 is 4.74 Å². The van der Waals surface area contributed by atoms with E-state index in [4.69, 9.17) is 14.8 Å². The predicted molar refractivity (Wildman–Crippen MR) is 190 cm³/mol. The molecule has 7 aromatic rings. The Morgan fingerprint density at radius 2 is 1.41 bits per heavy atom. The summed E-state index contributed by atoms with van der Waals surface area (Å²) >= 11 is 0. The molecule has 46 heavy (non-hydrogen) atoms. The summed E-state index contributed by atoms with van der Waals surface area (Å²) in [5, 5.41) is 7.20. The van der Waals surface area contributed by atoms with Gasteiger partial charge in [-0.15, -0.1) is 0 Å². The zero-order valence-corrected chi connectivity index (χ0v) is 27.3. The molecule has 4 aromatic carbocycles. The minimum atomic E-state index is 0.759. The number of fused-ring (bicyclic) bond motifs is 3. The van der Waals surface area contributed by atoms with Gasteiger partial charge in [-0.05, 0) is 108 Å². The number of aromatic nitrogens is 4. The highest BCUT2D eigenvalue weighted by Crippen LogP contribution is 2.37. The van der Waals surface area contributed by atoms with Crippen molar-refractivity contribution in [1.82, 2.24) is 19.3 Å². The lowest BCUT2D eigenvalue weighted by Gasteiger charge is -2.20. The lowest BCUT2D eigenvalue weighted by molar-refractivity contribution is 0.483. The van der Waals surface area contributed by atoms with Crippen LogP contribution in [0.3, 0.4) is 0 Å². The van der Waals surface area contributed by atoms with Crippen molar-refractivity contribution >= 4 is 21.8 Å². The molecule has 0 fully saturated rings. The first-order chi connectivity index (χ1) is 22.5. The van der Waals surface area contributed by atoms with Gasteiger partial charge in [0, 0.05) is 40.9 Å². The maximum absolute atomic E-state index is 6.51. The maximum atomic E-state index is 6.51. The van der Waals surface area contributed by atoms with E-state index in [0.717, 1.165) is 59.7 Å². The minimum Gasteiger partial charge on any atom is -0.457 e. The Labute approximate surface area is 271 Å². The molecule has 5 heteroatoms. The van der Waals surface area contributed by atoms with Crippen LogP contribution in [-0.4, -0.2) is 19.3 Å². The van der Waals surface area contributed by atoms with Gasteiger partial charge in [0.05, 0.1) is 22.9 Å². The van der Waals surface area contributed by atoms with Crippen LogP contribution in [0, 0.1) is 6.92 Å². The van der Waals surface area contributed by atoms with E-state index in [2.05, 4.69) is 106 Å². The summed E-state index contributed by atoms with van der Waals surface area (Å²) in [6.07, 6.45) is 10.1. The molecule has 0 saturated heterocycles. The Bertz CT molecular complexity index is 2170. The van der Waals surface area contributed by atoms with Crippen molar-refractivity contribution in [2.75, 3.05) is 0 Å². The second kappa shape index (κ2) is 12.3. The first kappa shape index (κ1) is 29.5. The SMILES string of the molecule is CCc1cc(CC)c(CC)c(-c2cnn(-c3cccc(Oc4ccc5c6ccccc6n(-c6cc(C)ccn6)c5c4)c3)c2)c1CC. The van der Waals surface area contributed by atoms with Crippen LogP contribution in [0.15, 0.2) is 104 Å². The van der Waals surface area contributed by atoms with Gasteiger partial charge in [0.15, 0.2) is 0 Å². The Morgan fingerprint density at radius 3 is 2.15 bits per heavy atom. The van der Waals surface area contributed by atoms with Crippen LogP contribution in [0.2, 0.25) is 0 Å². The fourth-order valence-electron chi connectivity index (χ4n) is 7.00. The summed E-state index contributed by atoms with van der Waals surface area (Å²) in [6.45, 7) is 11.1. The zero-order chi connectivity index (χ0) is 31.8. The third-order valence-electron chi connectivity index (χ3n) is 9.16. The molecule has 5 nitrogen and oxygen atoms in total. The van der Waals surface area contributed by atoms with Gasteiger partial charge in [0.2, 0.25) is 0 Å². The normalized spacial score (nSPS) is 11.5. The third kappa shape index (κ3) is 5.16. The minimum absolute atomic E-state index is 0.759. The largest absolute Gasteiger partial charge is 0.457 e. The third-order valence-corrected chi connectivity index (χ3v) is 9.16. The van der Waals surface area contributed by atoms with Crippen molar-refractivity contribution in [3.63, 3.8) is 0 Å². The Kier molecular flexibility index (Phi) is 7.91. The average molecular weight is 605 g/mol. The number of benzene rings is 4. The fraction of sp³-hybridized carbons (Fsp3) is 0.220. The van der Waals surface area contributed by atoms with E-state index in [-0.39, 0.29) is 0 Å². The molecule has 0 radical (unpaired) electrons. The highest BCUT2D eigenvalue weighted by atomic mass is 16.5. The molecule has 0 spiro atoms. The van der Waals surface area contributed by atoms with E-state index >= 15 is 0 Å². The number of aryl methyl sites for hydroxylation is 3. The monoisotopic (exact) mass is 604 g/mol. The van der Waals surface area contributed by atoms with Crippen molar-refractivity contribution in [2.45, 2.75) is 60.3 Å². The molecule has 0 saturated carbocycles. The summed E-state index contributed by atoms with van der Waals surface area (Å²) in [7, 11) is 0. The fourth-order valence-corrected chi connectivity index (χ4v) is 7.00. The first-order valence-corrected chi connectivity index (χ1v) is 16.5. The van der Waals surface area contributed by atoms with Gasteiger partial charge in [-0.3, -0.25) is 4.57 Å². The summed E-state index contributed by atoms with van der Waals surface area (Å²) in [4.78, 5) is 4.72. The number of hydrogen-bond donors (Lipinski definition) is 0. The predicted octanol–water partition coefficient (Wildman–Crippen LogP) is 10.4. The summed E-state index contributed by atoms with van der Waals surface area (Å²) in [5.74, 6) is 2.42. The van der Waals surface area contributed by atoms with Gasteiger partial charge >= 0.3 is 0 Å². The van der Waals surface area contributed by atoms with Gasteiger partial charge in [0.1, 0.15) is 17.3 Å². The molecule has 0 aliphatic heterocycles. The van der Waals surface area contributed by atoms with E-state index in [1.807, 2.05) is 41.3 Å². The Hall–Kier alpha value is -5.16. The van der Waals surface area contributed by atoms with Gasteiger partial charge in [-0.25, -0.2) is 9.67 Å².